The highest BCUT2D eigenvalue weighted by Crippen LogP contribution is 2.14. The number of carbonyl (C=O) groups is 3. The summed E-state index contributed by atoms with van der Waals surface area (Å²) in [6, 6.07) is 18.1. The lowest BCUT2D eigenvalue weighted by atomic mass is 10.0. The van der Waals surface area contributed by atoms with E-state index in [4.69, 9.17) is 4.74 Å². The van der Waals surface area contributed by atoms with Crippen molar-refractivity contribution in [1.82, 2.24) is 10.3 Å². The fraction of sp³-hybridized carbons (Fsp3) is 0.333. The third-order valence-corrected chi connectivity index (χ3v) is 4.98. The average Bonchev–Trinajstić information content (AvgIpc) is 3.27. The maximum absolute atomic E-state index is 12.5. The van der Waals surface area contributed by atoms with Gasteiger partial charge in [0.25, 0.3) is 5.91 Å². The van der Waals surface area contributed by atoms with Crippen LogP contribution in [0.15, 0.2) is 65.8 Å². The zero-order valence-corrected chi connectivity index (χ0v) is 17.8. The zero-order chi connectivity index (χ0) is 22.2. The number of ether oxygens (including phenoxy) is 1. The Balaban J connectivity index is 1.52. The van der Waals surface area contributed by atoms with E-state index in [1.54, 1.807) is 0 Å². The fourth-order valence-corrected chi connectivity index (χ4v) is 3.27. The lowest BCUT2D eigenvalue weighted by molar-refractivity contribution is -0.155. The van der Waals surface area contributed by atoms with Crippen molar-refractivity contribution < 1.29 is 19.1 Å². The van der Waals surface area contributed by atoms with E-state index in [9.17, 15) is 14.4 Å². The molecule has 1 atom stereocenters. The van der Waals surface area contributed by atoms with Gasteiger partial charge in [0, 0.05) is 6.42 Å². The first kappa shape index (κ1) is 22.2. The third kappa shape index (κ3) is 6.25. The molecule has 31 heavy (non-hydrogen) atoms. The predicted molar refractivity (Wildman–Crippen MR) is 117 cm³/mol. The number of hydrogen-bond acceptors (Lipinski definition) is 5. The van der Waals surface area contributed by atoms with E-state index in [0.717, 1.165) is 16.8 Å². The zero-order valence-electron chi connectivity index (χ0n) is 17.8. The van der Waals surface area contributed by atoms with Gasteiger partial charge >= 0.3 is 5.97 Å². The maximum atomic E-state index is 12.5. The Bertz CT molecular complexity index is 942. The van der Waals surface area contributed by atoms with Crippen LogP contribution in [0.25, 0.3) is 0 Å². The van der Waals surface area contributed by atoms with Crippen molar-refractivity contribution in [3.8, 4) is 0 Å². The maximum Gasteiger partial charge on any atom is 0.329 e. The van der Waals surface area contributed by atoms with Crippen molar-refractivity contribution >= 4 is 23.5 Å². The molecule has 0 saturated carbocycles. The number of nitrogens with one attached hydrogen (secondary N) is 1. The highest BCUT2D eigenvalue weighted by atomic mass is 16.5. The van der Waals surface area contributed by atoms with Crippen LogP contribution >= 0.6 is 0 Å². The molecule has 0 saturated heterocycles. The predicted octanol–water partition coefficient (Wildman–Crippen LogP) is 2.55. The first-order valence-corrected chi connectivity index (χ1v) is 10.4. The summed E-state index contributed by atoms with van der Waals surface area (Å²) in [5.41, 5.74) is 2.65. The SMILES string of the molecule is CC(C)[C@H](NC(=O)Cc1ccccc1)C(=O)OCC(=O)N1CCC(c2ccccc2)=N1. The van der Waals surface area contributed by atoms with Gasteiger partial charge in [-0.15, -0.1) is 0 Å². The van der Waals surface area contributed by atoms with Gasteiger partial charge in [0.15, 0.2) is 6.61 Å². The molecule has 0 radical (unpaired) electrons. The van der Waals surface area contributed by atoms with Crippen LogP contribution in [0.4, 0.5) is 0 Å². The highest BCUT2D eigenvalue weighted by molar-refractivity contribution is 6.02. The third-order valence-electron chi connectivity index (χ3n) is 4.98. The van der Waals surface area contributed by atoms with Gasteiger partial charge < -0.3 is 10.1 Å². The monoisotopic (exact) mass is 421 g/mol. The van der Waals surface area contributed by atoms with Gasteiger partial charge in [0.2, 0.25) is 5.91 Å². The first-order valence-electron chi connectivity index (χ1n) is 10.4. The second-order valence-corrected chi connectivity index (χ2v) is 7.74. The Morgan fingerprint density at radius 2 is 1.68 bits per heavy atom. The number of hydrogen-bond donors (Lipinski definition) is 1. The molecule has 7 heteroatoms. The lowest BCUT2D eigenvalue weighted by Crippen LogP contribution is -2.46. The summed E-state index contributed by atoms with van der Waals surface area (Å²) in [6.45, 7) is 3.66. The van der Waals surface area contributed by atoms with Crippen molar-refractivity contribution in [2.75, 3.05) is 13.2 Å². The van der Waals surface area contributed by atoms with Gasteiger partial charge in [-0.2, -0.15) is 5.10 Å². The second-order valence-electron chi connectivity index (χ2n) is 7.74. The summed E-state index contributed by atoms with van der Waals surface area (Å²) in [4.78, 5) is 37.3. The minimum Gasteiger partial charge on any atom is -0.454 e. The lowest BCUT2D eigenvalue weighted by Gasteiger charge is -2.21. The molecule has 0 aliphatic carbocycles. The number of esters is 1. The Hall–Kier alpha value is -3.48. The summed E-state index contributed by atoms with van der Waals surface area (Å²) in [7, 11) is 0. The average molecular weight is 421 g/mol. The number of hydrazone groups is 1. The molecule has 0 unspecified atom stereocenters. The van der Waals surface area contributed by atoms with Gasteiger partial charge in [-0.05, 0) is 17.0 Å². The van der Waals surface area contributed by atoms with Crippen LogP contribution in [-0.4, -0.2) is 47.7 Å². The summed E-state index contributed by atoms with van der Waals surface area (Å²) >= 11 is 0. The van der Waals surface area contributed by atoms with Gasteiger partial charge in [-0.25, -0.2) is 9.80 Å². The van der Waals surface area contributed by atoms with Gasteiger partial charge in [0.05, 0.1) is 18.7 Å². The molecule has 0 spiro atoms. The summed E-state index contributed by atoms with van der Waals surface area (Å²) in [5.74, 6) is -1.48. The molecular formula is C24H27N3O4. The molecule has 1 aliphatic heterocycles. The number of rotatable bonds is 8. The molecule has 0 bridgehead atoms. The van der Waals surface area contributed by atoms with E-state index in [1.807, 2.05) is 74.5 Å². The molecule has 162 valence electrons. The summed E-state index contributed by atoms with van der Waals surface area (Å²) < 4.78 is 5.22. The van der Waals surface area contributed by atoms with Gasteiger partial charge in [-0.3, -0.25) is 9.59 Å². The van der Waals surface area contributed by atoms with Crippen molar-refractivity contribution in [1.29, 1.82) is 0 Å². The Morgan fingerprint density at radius 1 is 1.03 bits per heavy atom. The number of carbonyl (C=O) groups excluding carboxylic acids is 3. The smallest absolute Gasteiger partial charge is 0.329 e. The molecule has 2 aromatic carbocycles. The molecule has 0 aromatic heterocycles. The van der Waals surface area contributed by atoms with Crippen molar-refractivity contribution in [3.05, 3.63) is 71.8 Å². The van der Waals surface area contributed by atoms with Gasteiger partial charge in [-0.1, -0.05) is 74.5 Å². The van der Waals surface area contributed by atoms with Crippen LogP contribution in [0, 0.1) is 5.92 Å². The van der Waals surface area contributed by atoms with E-state index in [0.29, 0.717) is 13.0 Å². The standard InChI is InChI=1S/C24H27N3O4/c1-17(2)23(25-21(28)15-18-9-5-3-6-10-18)24(30)31-16-22(29)27-14-13-20(26-27)19-11-7-4-8-12-19/h3-12,17,23H,13-16H2,1-2H3,(H,25,28)/t23-/m0/s1. The Kier molecular flexibility index (Phi) is 7.54. The molecule has 1 aliphatic rings. The highest BCUT2D eigenvalue weighted by Gasteiger charge is 2.28. The van der Waals surface area contributed by atoms with E-state index >= 15 is 0 Å². The van der Waals surface area contributed by atoms with E-state index in [-0.39, 0.29) is 18.2 Å². The van der Waals surface area contributed by atoms with Crippen molar-refractivity contribution in [2.24, 2.45) is 11.0 Å². The minimum atomic E-state index is -0.828. The molecule has 1 heterocycles. The Morgan fingerprint density at radius 3 is 2.32 bits per heavy atom. The molecule has 7 nitrogen and oxygen atoms in total. The molecule has 1 N–H and O–H groups in total. The van der Waals surface area contributed by atoms with Crippen LogP contribution in [0.1, 0.15) is 31.4 Å². The van der Waals surface area contributed by atoms with Crippen molar-refractivity contribution in [2.45, 2.75) is 32.7 Å². The van der Waals surface area contributed by atoms with Crippen LogP contribution < -0.4 is 5.32 Å². The molecular weight excluding hydrogens is 394 g/mol. The normalized spacial score (nSPS) is 14.2. The van der Waals surface area contributed by atoms with E-state index < -0.39 is 24.5 Å². The molecule has 2 aromatic rings. The largest absolute Gasteiger partial charge is 0.454 e. The first-order chi connectivity index (χ1) is 14.9. The quantitative estimate of drug-likeness (QED) is 0.664. The number of amides is 2. The molecule has 0 fully saturated rings. The number of benzene rings is 2. The van der Waals surface area contributed by atoms with Crippen LogP contribution in [0.2, 0.25) is 0 Å². The second kappa shape index (κ2) is 10.5. The van der Waals surface area contributed by atoms with Crippen LogP contribution in [0.3, 0.4) is 0 Å². The minimum absolute atomic E-state index is 0.168. The van der Waals surface area contributed by atoms with Crippen LogP contribution in [-0.2, 0) is 25.5 Å². The van der Waals surface area contributed by atoms with E-state index in [2.05, 4.69) is 10.4 Å². The topological polar surface area (TPSA) is 88.1 Å². The number of nitrogens with zero attached hydrogens (tertiary/aromatic N) is 2. The molecule has 3 rings (SSSR count). The fourth-order valence-electron chi connectivity index (χ4n) is 3.27. The molecule has 2 amide bonds. The van der Waals surface area contributed by atoms with E-state index in [1.165, 1.54) is 5.01 Å². The van der Waals surface area contributed by atoms with Gasteiger partial charge in [0.1, 0.15) is 6.04 Å². The van der Waals surface area contributed by atoms with Crippen LogP contribution in [0.5, 0.6) is 0 Å². The summed E-state index contributed by atoms with van der Waals surface area (Å²) in [5, 5.41) is 8.40. The van der Waals surface area contributed by atoms with Crippen molar-refractivity contribution in [3.63, 3.8) is 0 Å². The Labute approximate surface area is 182 Å². The summed E-state index contributed by atoms with van der Waals surface area (Å²) in [6.07, 6.45) is 0.814.